The van der Waals surface area contributed by atoms with Gasteiger partial charge in [0.15, 0.2) is 5.65 Å². The van der Waals surface area contributed by atoms with Crippen molar-refractivity contribution in [2.45, 2.75) is 33.6 Å². The summed E-state index contributed by atoms with van der Waals surface area (Å²) >= 11 is 0. The van der Waals surface area contributed by atoms with Gasteiger partial charge in [0, 0.05) is 23.9 Å². The van der Waals surface area contributed by atoms with Crippen molar-refractivity contribution in [3.8, 4) is 0 Å². The predicted molar refractivity (Wildman–Crippen MR) is 108 cm³/mol. The molecule has 1 aromatic carbocycles. The zero-order valence-corrected chi connectivity index (χ0v) is 17.1. The van der Waals surface area contributed by atoms with Crippen LogP contribution in [0.5, 0.6) is 0 Å². The summed E-state index contributed by atoms with van der Waals surface area (Å²) in [6, 6.07) is 8.59. The summed E-state index contributed by atoms with van der Waals surface area (Å²) in [6.45, 7) is 5.79. The van der Waals surface area contributed by atoms with E-state index in [4.69, 9.17) is 4.74 Å². The Morgan fingerprint density at radius 1 is 1.07 bits per heavy atom. The molecule has 0 atom stereocenters. The molecule has 1 aliphatic heterocycles. The third-order valence-corrected chi connectivity index (χ3v) is 5.32. The zero-order chi connectivity index (χ0) is 21.4. The van der Waals surface area contributed by atoms with Crippen LogP contribution in [-0.2, 0) is 16.0 Å². The van der Waals surface area contributed by atoms with Gasteiger partial charge in [-0.1, -0.05) is 12.1 Å². The molecule has 3 aromatic rings. The number of benzene rings is 1. The van der Waals surface area contributed by atoms with Gasteiger partial charge in [0.1, 0.15) is 6.61 Å². The lowest BCUT2D eigenvalue weighted by Crippen LogP contribution is -2.33. The van der Waals surface area contributed by atoms with Gasteiger partial charge in [-0.25, -0.2) is 9.50 Å². The Labute approximate surface area is 173 Å². The van der Waals surface area contributed by atoms with E-state index in [0.717, 1.165) is 33.2 Å². The molecule has 8 nitrogen and oxygen atoms in total. The summed E-state index contributed by atoms with van der Waals surface area (Å²) in [5.74, 6) is -1.10. The predicted octanol–water partition coefficient (Wildman–Crippen LogP) is 2.43. The van der Waals surface area contributed by atoms with Crippen LogP contribution >= 0.6 is 0 Å². The number of carbonyl (C=O) groups is 3. The molecule has 0 fully saturated rings. The average molecular weight is 406 g/mol. The van der Waals surface area contributed by atoms with Crippen molar-refractivity contribution in [1.29, 1.82) is 0 Å². The van der Waals surface area contributed by atoms with E-state index in [1.54, 1.807) is 28.8 Å². The molecule has 0 unspecified atom stereocenters. The van der Waals surface area contributed by atoms with Crippen LogP contribution in [-0.4, -0.2) is 50.4 Å². The highest BCUT2D eigenvalue weighted by molar-refractivity contribution is 6.21. The zero-order valence-electron chi connectivity index (χ0n) is 17.1. The van der Waals surface area contributed by atoms with E-state index >= 15 is 0 Å². The molecule has 30 heavy (non-hydrogen) atoms. The van der Waals surface area contributed by atoms with E-state index in [1.165, 1.54) is 0 Å². The summed E-state index contributed by atoms with van der Waals surface area (Å²) in [5, 5.41) is 4.44. The van der Waals surface area contributed by atoms with Crippen molar-refractivity contribution in [1.82, 2.24) is 19.5 Å². The first kappa shape index (κ1) is 19.8. The average Bonchev–Trinajstić information content (AvgIpc) is 3.20. The second-order valence-electron chi connectivity index (χ2n) is 7.34. The Morgan fingerprint density at radius 3 is 2.40 bits per heavy atom. The van der Waals surface area contributed by atoms with Crippen molar-refractivity contribution in [2.24, 2.45) is 0 Å². The highest BCUT2D eigenvalue weighted by Crippen LogP contribution is 2.22. The quantitative estimate of drug-likeness (QED) is 0.461. The number of aromatic nitrogens is 3. The lowest BCUT2D eigenvalue weighted by molar-refractivity contribution is -0.143. The Kier molecular flexibility index (Phi) is 5.07. The minimum Gasteiger partial charge on any atom is -0.464 e. The SMILES string of the molecule is Cc1cc2nc(C)c(CCC(=O)OCCN3C(=O)c4ccccc4C3=O)c(C)n2n1. The fraction of sp³-hybridized carbons (Fsp3) is 0.318. The lowest BCUT2D eigenvalue weighted by atomic mass is 10.1. The smallest absolute Gasteiger partial charge is 0.306 e. The number of fused-ring (bicyclic) bond motifs is 2. The van der Waals surface area contributed by atoms with Gasteiger partial charge in [-0.2, -0.15) is 5.10 Å². The third-order valence-electron chi connectivity index (χ3n) is 5.32. The topological polar surface area (TPSA) is 93.9 Å². The maximum atomic E-state index is 12.3. The van der Waals surface area contributed by atoms with E-state index in [2.05, 4.69) is 10.1 Å². The number of hydrogen-bond donors (Lipinski definition) is 0. The molecule has 0 N–H and O–H groups in total. The Balaban J connectivity index is 1.33. The van der Waals surface area contributed by atoms with Gasteiger partial charge in [0.2, 0.25) is 0 Å². The standard InChI is InChI=1S/C22H22N4O4/c1-13-12-19-23-14(2)16(15(3)26(19)24-13)8-9-20(27)30-11-10-25-21(28)17-6-4-5-7-18(17)22(25)29/h4-7,12H,8-11H2,1-3H3. The van der Waals surface area contributed by atoms with Gasteiger partial charge in [0.05, 0.1) is 23.4 Å². The number of carbonyl (C=O) groups excluding carboxylic acids is 3. The molecule has 0 saturated heterocycles. The first-order valence-corrected chi connectivity index (χ1v) is 9.80. The second kappa shape index (κ2) is 7.70. The number of nitrogens with zero attached hydrogens (tertiary/aromatic N) is 4. The molecule has 4 rings (SSSR count). The number of aryl methyl sites for hydroxylation is 3. The molecule has 1 aliphatic rings. The highest BCUT2D eigenvalue weighted by Gasteiger charge is 2.34. The number of amides is 2. The van der Waals surface area contributed by atoms with Crippen molar-refractivity contribution in [3.63, 3.8) is 0 Å². The molecule has 3 heterocycles. The fourth-order valence-corrected chi connectivity index (χ4v) is 3.80. The second-order valence-corrected chi connectivity index (χ2v) is 7.34. The van der Waals surface area contributed by atoms with E-state index < -0.39 is 0 Å². The molecule has 0 saturated carbocycles. The van der Waals surface area contributed by atoms with Gasteiger partial charge < -0.3 is 4.74 Å². The van der Waals surface area contributed by atoms with Crippen LogP contribution in [0.25, 0.3) is 5.65 Å². The van der Waals surface area contributed by atoms with Crippen molar-refractivity contribution >= 4 is 23.4 Å². The largest absolute Gasteiger partial charge is 0.464 e. The van der Waals surface area contributed by atoms with Crippen LogP contribution in [0.1, 0.15) is 49.8 Å². The summed E-state index contributed by atoms with van der Waals surface area (Å²) in [5.41, 5.74) is 5.21. The summed E-state index contributed by atoms with van der Waals surface area (Å²) in [7, 11) is 0. The Bertz CT molecular complexity index is 1150. The molecule has 0 aliphatic carbocycles. The minimum absolute atomic E-state index is 0.0299. The number of hydrogen-bond acceptors (Lipinski definition) is 6. The number of esters is 1. The van der Waals surface area contributed by atoms with E-state index in [9.17, 15) is 14.4 Å². The maximum Gasteiger partial charge on any atom is 0.306 e. The molecule has 8 heteroatoms. The van der Waals surface area contributed by atoms with Crippen LogP contribution < -0.4 is 0 Å². The number of rotatable bonds is 6. The van der Waals surface area contributed by atoms with E-state index in [-0.39, 0.29) is 37.4 Å². The van der Waals surface area contributed by atoms with Crippen LogP contribution in [0.4, 0.5) is 0 Å². The molecule has 154 valence electrons. The van der Waals surface area contributed by atoms with E-state index in [1.807, 2.05) is 26.8 Å². The van der Waals surface area contributed by atoms with Gasteiger partial charge in [-0.05, 0) is 44.9 Å². The molecule has 0 spiro atoms. The monoisotopic (exact) mass is 406 g/mol. The summed E-state index contributed by atoms with van der Waals surface area (Å²) in [6.07, 6.45) is 0.655. The molecule has 0 radical (unpaired) electrons. The van der Waals surface area contributed by atoms with Crippen LogP contribution in [0.3, 0.4) is 0 Å². The summed E-state index contributed by atoms with van der Waals surface area (Å²) < 4.78 is 7.05. The lowest BCUT2D eigenvalue weighted by Gasteiger charge is -2.14. The first-order valence-electron chi connectivity index (χ1n) is 9.80. The molecule has 2 amide bonds. The van der Waals surface area contributed by atoms with Crippen LogP contribution in [0.15, 0.2) is 30.3 Å². The van der Waals surface area contributed by atoms with Gasteiger partial charge in [-0.3, -0.25) is 19.3 Å². The van der Waals surface area contributed by atoms with Crippen LogP contribution in [0, 0.1) is 20.8 Å². The van der Waals surface area contributed by atoms with Crippen molar-refractivity contribution in [3.05, 3.63) is 64.1 Å². The van der Waals surface area contributed by atoms with E-state index in [0.29, 0.717) is 17.5 Å². The molecular formula is C22H22N4O4. The van der Waals surface area contributed by atoms with Gasteiger partial charge >= 0.3 is 5.97 Å². The molecule has 0 bridgehead atoms. The normalized spacial score (nSPS) is 13.2. The molecular weight excluding hydrogens is 384 g/mol. The Morgan fingerprint density at radius 2 is 1.73 bits per heavy atom. The van der Waals surface area contributed by atoms with Crippen molar-refractivity contribution in [2.75, 3.05) is 13.2 Å². The third kappa shape index (κ3) is 3.45. The number of imide groups is 1. The van der Waals surface area contributed by atoms with Crippen LogP contribution in [0.2, 0.25) is 0 Å². The van der Waals surface area contributed by atoms with Gasteiger partial charge in [0.25, 0.3) is 11.8 Å². The van der Waals surface area contributed by atoms with Crippen molar-refractivity contribution < 1.29 is 19.1 Å². The maximum absolute atomic E-state index is 12.3. The fourth-order valence-electron chi connectivity index (χ4n) is 3.80. The number of ether oxygens (including phenoxy) is 1. The highest BCUT2D eigenvalue weighted by atomic mass is 16.5. The Hall–Kier alpha value is -3.55. The first-order chi connectivity index (χ1) is 14.4. The molecule has 2 aromatic heterocycles. The summed E-state index contributed by atoms with van der Waals surface area (Å²) in [4.78, 5) is 42.5. The van der Waals surface area contributed by atoms with Gasteiger partial charge in [-0.15, -0.1) is 0 Å². The minimum atomic E-state index is -0.387.